The van der Waals surface area contributed by atoms with Crippen molar-refractivity contribution >= 4 is 11.8 Å². The second-order valence-corrected chi connectivity index (χ2v) is 7.21. The molecule has 2 aromatic rings. The van der Waals surface area contributed by atoms with E-state index in [1.54, 1.807) is 30.0 Å². The van der Waals surface area contributed by atoms with Crippen LogP contribution in [0.25, 0.3) is 0 Å². The van der Waals surface area contributed by atoms with Crippen LogP contribution in [-0.4, -0.2) is 33.5 Å². The molecule has 0 saturated carbocycles. The number of carbonyl (C=O) groups excluding carboxylic acids is 2. The van der Waals surface area contributed by atoms with Gasteiger partial charge in [-0.1, -0.05) is 6.07 Å². The minimum Gasteiger partial charge on any atom is -0.338 e. The van der Waals surface area contributed by atoms with E-state index in [-0.39, 0.29) is 11.3 Å². The third kappa shape index (κ3) is 2.86. The van der Waals surface area contributed by atoms with Crippen molar-refractivity contribution in [2.24, 2.45) is 5.41 Å². The zero-order valence-electron chi connectivity index (χ0n) is 14.4. The highest BCUT2D eigenvalue weighted by Gasteiger charge is 2.47. The van der Waals surface area contributed by atoms with Crippen molar-refractivity contribution in [2.45, 2.75) is 32.2 Å². The van der Waals surface area contributed by atoms with Crippen molar-refractivity contribution in [1.29, 1.82) is 0 Å². The number of aryl methyl sites for hydroxylation is 1. The first kappa shape index (κ1) is 16.7. The van der Waals surface area contributed by atoms with Gasteiger partial charge in [0.1, 0.15) is 0 Å². The van der Waals surface area contributed by atoms with Gasteiger partial charge in [-0.2, -0.15) is 0 Å². The molecule has 1 atom stereocenters. The van der Waals surface area contributed by atoms with Gasteiger partial charge in [-0.05, 0) is 66.6 Å². The number of nitrogens with zero attached hydrogens (tertiary/aromatic N) is 2. The van der Waals surface area contributed by atoms with Crippen molar-refractivity contribution in [1.82, 2.24) is 15.4 Å². The summed E-state index contributed by atoms with van der Waals surface area (Å²) in [7, 11) is 0. The largest absolute Gasteiger partial charge is 0.338 e. The Hall–Kier alpha value is -2.73. The molecule has 2 amide bonds. The standard InChI is InChI=1S/C20H21N3O3/c24-18(22-26)16-2-1-15-3-6-20(12-17(15)11-16)7-10-23(19(20)25)13-14-4-8-21-9-5-14/h1-2,4-5,8-9,11,26H,3,6-7,10,12-13H2,(H,22,24). The smallest absolute Gasteiger partial charge is 0.274 e. The van der Waals surface area contributed by atoms with E-state index in [0.717, 1.165) is 36.9 Å². The summed E-state index contributed by atoms with van der Waals surface area (Å²) in [5, 5.41) is 8.85. The molecule has 1 fully saturated rings. The lowest BCUT2D eigenvalue weighted by molar-refractivity contribution is -0.137. The fraction of sp³-hybridized carbons (Fsp3) is 0.350. The van der Waals surface area contributed by atoms with Crippen LogP contribution in [0.3, 0.4) is 0 Å². The van der Waals surface area contributed by atoms with Gasteiger partial charge < -0.3 is 4.90 Å². The number of aromatic nitrogens is 1. The summed E-state index contributed by atoms with van der Waals surface area (Å²) >= 11 is 0. The number of hydrogen-bond acceptors (Lipinski definition) is 4. The van der Waals surface area contributed by atoms with Crippen LogP contribution in [0, 0.1) is 5.41 Å². The molecular weight excluding hydrogens is 330 g/mol. The summed E-state index contributed by atoms with van der Waals surface area (Å²) in [4.78, 5) is 30.8. The minimum absolute atomic E-state index is 0.206. The highest BCUT2D eigenvalue weighted by atomic mass is 16.5. The number of hydrogen-bond donors (Lipinski definition) is 2. The quantitative estimate of drug-likeness (QED) is 0.655. The van der Waals surface area contributed by atoms with Gasteiger partial charge in [0.2, 0.25) is 5.91 Å². The van der Waals surface area contributed by atoms with Crippen LogP contribution in [0.1, 0.15) is 39.9 Å². The van der Waals surface area contributed by atoms with Gasteiger partial charge in [-0.15, -0.1) is 0 Å². The van der Waals surface area contributed by atoms with Crippen LogP contribution in [0.4, 0.5) is 0 Å². The van der Waals surface area contributed by atoms with Gasteiger partial charge in [0.25, 0.3) is 5.91 Å². The second-order valence-electron chi connectivity index (χ2n) is 7.21. The molecule has 1 aliphatic carbocycles. The van der Waals surface area contributed by atoms with Crippen LogP contribution in [0.15, 0.2) is 42.7 Å². The third-order valence-electron chi connectivity index (χ3n) is 5.70. The number of rotatable bonds is 3. The zero-order chi connectivity index (χ0) is 18.1. The second kappa shape index (κ2) is 6.53. The number of benzene rings is 1. The van der Waals surface area contributed by atoms with Crippen molar-refractivity contribution in [3.05, 3.63) is 65.0 Å². The highest BCUT2D eigenvalue weighted by molar-refractivity contribution is 5.93. The molecule has 1 saturated heterocycles. The van der Waals surface area contributed by atoms with Crippen LogP contribution in [-0.2, 0) is 24.2 Å². The van der Waals surface area contributed by atoms with Gasteiger partial charge in [0.15, 0.2) is 0 Å². The number of nitrogens with one attached hydrogen (secondary N) is 1. The normalized spacial score (nSPS) is 21.7. The maximum absolute atomic E-state index is 13.2. The maximum Gasteiger partial charge on any atom is 0.274 e. The first-order valence-electron chi connectivity index (χ1n) is 8.86. The first-order valence-corrected chi connectivity index (χ1v) is 8.86. The molecule has 0 bridgehead atoms. The maximum atomic E-state index is 13.2. The number of likely N-dealkylation sites (tertiary alicyclic amines) is 1. The fourth-order valence-electron chi connectivity index (χ4n) is 4.22. The van der Waals surface area contributed by atoms with Crippen LogP contribution < -0.4 is 5.48 Å². The lowest BCUT2D eigenvalue weighted by Gasteiger charge is -2.33. The Morgan fingerprint density at radius 1 is 1.19 bits per heavy atom. The number of fused-ring (bicyclic) bond motifs is 1. The lowest BCUT2D eigenvalue weighted by atomic mass is 9.70. The van der Waals surface area contributed by atoms with Gasteiger partial charge in [-0.3, -0.25) is 19.8 Å². The molecule has 1 aliphatic heterocycles. The Morgan fingerprint density at radius 3 is 2.77 bits per heavy atom. The molecule has 1 unspecified atom stereocenters. The van der Waals surface area contributed by atoms with E-state index in [9.17, 15) is 9.59 Å². The molecule has 4 rings (SSSR count). The molecule has 2 aliphatic rings. The van der Waals surface area contributed by atoms with Gasteiger partial charge >= 0.3 is 0 Å². The number of amides is 2. The predicted molar refractivity (Wildman–Crippen MR) is 94.4 cm³/mol. The third-order valence-corrected chi connectivity index (χ3v) is 5.70. The molecule has 26 heavy (non-hydrogen) atoms. The first-order chi connectivity index (χ1) is 12.6. The molecular formula is C20H21N3O3. The number of hydroxylamine groups is 1. The molecule has 2 N–H and O–H groups in total. The average Bonchev–Trinajstić information content (AvgIpc) is 2.97. The minimum atomic E-state index is -0.524. The summed E-state index contributed by atoms with van der Waals surface area (Å²) in [6.07, 6.45) is 6.67. The summed E-state index contributed by atoms with van der Waals surface area (Å²) in [6.45, 7) is 1.37. The van der Waals surface area contributed by atoms with E-state index in [0.29, 0.717) is 18.5 Å². The Morgan fingerprint density at radius 2 is 2.00 bits per heavy atom. The van der Waals surface area contributed by atoms with E-state index >= 15 is 0 Å². The van der Waals surface area contributed by atoms with E-state index in [1.807, 2.05) is 23.1 Å². The van der Waals surface area contributed by atoms with Gasteiger partial charge in [-0.25, -0.2) is 5.48 Å². The van der Waals surface area contributed by atoms with Gasteiger partial charge in [0, 0.05) is 31.0 Å². The topological polar surface area (TPSA) is 82.5 Å². The Bertz CT molecular complexity index is 853. The van der Waals surface area contributed by atoms with Crippen molar-refractivity contribution < 1.29 is 14.8 Å². The summed E-state index contributed by atoms with van der Waals surface area (Å²) in [5.41, 5.74) is 5.04. The zero-order valence-corrected chi connectivity index (χ0v) is 14.4. The van der Waals surface area contributed by atoms with Crippen LogP contribution in [0.2, 0.25) is 0 Å². The van der Waals surface area contributed by atoms with Crippen LogP contribution >= 0.6 is 0 Å². The predicted octanol–water partition coefficient (Wildman–Crippen LogP) is 2.11. The summed E-state index contributed by atoms with van der Waals surface area (Å²) < 4.78 is 0. The van der Waals surface area contributed by atoms with E-state index in [4.69, 9.17) is 5.21 Å². The molecule has 6 heteroatoms. The van der Waals surface area contributed by atoms with Crippen LogP contribution in [0.5, 0.6) is 0 Å². The molecule has 134 valence electrons. The Balaban J connectivity index is 1.55. The molecule has 2 heterocycles. The molecule has 1 aromatic heterocycles. The van der Waals surface area contributed by atoms with Crippen molar-refractivity contribution in [3.8, 4) is 0 Å². The summed E-state index contributed by atoms with van der Waals surface area (Å²) in [5.74, 6) is -0.318. The Labute approximate surface area is 151 Å². The number of carbonyl (C=O) groups is 2. The molecule has 0 radical (unpaired) electrons. The average molecular weight is 351 g/mol. The SMILES string of the molecule is O=C(NO)c1ccc2c(c1)CC1(CC2)CCN(Cc2ccncc2)C1=O. The number of pyridine rings is 1. The molecule has 6 nitrogen and oxygen atoms in total. The summed E-state index contributed by atoms with van der Waals surface area (Å²) in [6, 6.07) is 9.33. The van der Waals surface area contributed by atoms with Crippen molar-refractivity contribution in [2.75, 3.05) is 6.54 Å². The van der Waals surface area contributed by atoms with Gasteiger partial charge in [0.05, 0.1) is 5.41 Å². The van der Waals surface area contributed by atoms with Crippen molar-refractivity contribution in [3.63, 3.8) is 0 Å². The fourth-order valence-corrected chi connectivity index (χ4v) is 4.22. The molecule has 1 aromatic carbocycles. The molecule has 1 spiro atoms. The van der Waals surface area contributed by atoms with E-state index < -0.39 is 5.91 Å². The lowest BCUT2D eigenvalue weighted by Crippen LogP contribution is -2.38. The highest BCUT2D eigenvalue weighted by Crippen LogP contribution is 2.44. The monoisotopic (exact) mass is 351 g/mol. The Kier molecular flexibility index (Phi) is 4.20. The van der Waals surface area contributed by atoms with E-state index in [1.165, 1.54) is 5.56 Å². The van der Waals surface area contributed by atoms with E-state index in [2.05, 4.69) is 4.98 Å².